The summed E-state index contributed by atoms with van der Waals surface area (Å²) in [7, 11) is 0. The van der Waals surface area contributed by atoms with Crippen LogP contribution in [0.25, 0.3) is 0 Å². The summed E-state index contributed by atoms with van der Waals surface area (Å²) in [5, 5.41) is 18.1. The molecule has 1 unspecified atom stereocenters. The Labute approximate surface area is 100 Å². The quantitative estimate of drug-likeness (QED) is 0.837. The third kappa shape index (κ3) is 2.58. The number of nitrogens with zero attached hydrogens (tertiary/aromatic N) is 1. The molecule has 1 saturated heterocycles. The van der Waals surface area contributed by atoms with E-state index in [0.29, 0.717) is 11.5 Å². The Morgan fingerprint density at radius 3 is 2.88 bits per heavy atom. The van der Waals surface area contributed by atoms with Gasteiger partial charge in [0, 0.05) is 30.9 Å². The van der Waals surface area contributed by atoms with E-state index >= 15 is 0 Å². The van der Waals surface area contributed by atoms with Crippen molar-refractivity contribution < 1.29 is 14.6 Å². The molecule has 1 aliphatic heterocycles. The van der Waals surface area contributed by atoms with Crippen LogP contribution in [0.4, 0.5) is 10.1 Å². The molecule has 0 amide bonds. The summed E-state index contributed by atoms with van der Waals surface area (Å²) in [5.41, 5.74) is 1.16. The van der Waals surface area contributed by atoms with Crippen molar-refractivity contribution in [1.82, 2.24) is 0 Å². The van der Waals surface area contributed by atoms with Gasteiger partial charge in [-0.15, -0.1) is 0 Å². The monoisotopic (exact) mass is 239 g/mol. The molecule has 0 spiro atoms. The van der Waals surface area contributed by atoms with E-state index in [0.717, 1.165) is 31.6 Å². The van der Waals surface area contributed by atoms with Crippen LogP contribution in [0, 0.1) is 11.7 Å². The van der Waals surface area contributed by atoms with Crippen LogP contribution in [-0.2, 0) is 6.61 Å². The van der Waals surface area contributed by atoms with Gasteiger partial charge in [0.15, 0.2) is 0 Å². The summed E-state index contributed by atoms with van der Waals surface area (Å²) in [6, 6.07) is 4.88. The van der Waals surface area contributed by atoms with Gasteiger partial charge in [-0.3, -0.25) is 0 Å². The predicted molar refractivity (Wildman–Crippen MR) is 64.3 cm³/mol. The minimum atomic E-state index is -0.351. The lowest BCUT2D eigenvalue weighted by Crippen LogP contribution is -2.21. The van der Waals surface area contributed by atoms with Crippen LogP contribution in [0.15, 0.2) is 18.2 Å². The second-order valence-corrected chi connectivity index (χ2v) is 4.51. The number of rotatable bonds is 4. The molecule has 1 atom stereocenters. The summed E-state index contributed by atoms with van der Waals surface area (Å²) in [6.45, 7) is 1.62. The Bertz CT molecular complexity index is 384. The Morgan fingerprint density at radius 2 is 2.18 bits per heavy atom. The van der Waals surface area contributed by atoms with E-state index in [2.05, 4.69) is 4.90 Å². The molecule has 0 bridgehead atoms. The SMILES string of the molecule is OCCC1CCN(c2cccc(F)c2CO)C1. The molecular formula is C13H18FNO2. The minimum absolute atomic E-state index is 0.203. The van der Waals surface area contributed by atoms with Crippen molar-refractivity contribution in [2.24, 2.45) is 5.92 Å². The summed E-state index contributed by atoms with van der Waals surface area (Å²) < 4.78 is 13.5. The van der Waals surface area contributed by atoms with Gasteiger partial charge in [0.25, 0.3) is 0 Å². The van der Waals surface area contributed by atoms with E-state index in [4.69, 9.17) is 5.11 Å². The first-order valence-electron chi connectivity index (χ1n) is 6.00. The molecule has 3 nitrogen and oxygen atoms in total. The molecule has 94 valence electrons. The molecule has 0 saturated carbocycles. The van der Waals surface area contributed by atoms with E-state index < -0.39 is 0 Å². The van der Waals surface area contributed by atoms with Gasteiger partial charge in [-0.2, -0.15) is 0 Å². The first-order valence-corrected chi connectivity index (χ1v) is 6.00. The van der Waals surface area contributed by atoms with Gasteiger partial charge in [0.05, 0.1) is 6.61 Å². The maximum atomic E-state index is 13.5. The zero-order chi connectivity index (χ0) is 12.3. The molecule has 1 heterocycles. The second-order valence-electron chi connectivity index (χ2n) is 4.51. The van der Waals surface area contributed by atoms with Gasteiger partial charge in [-0.25, -0.2) is 4.39 Å². The van der Waals surface area contributed by atoms with Crippen LogP contribution in [0.5, 0.6) is 0 Å². The summed E-state index contributed by atoms with van der Waals surface area (Å²) in [5.74, 6) is 0.116. The van der Waals surface area contributed by atoms with Gasteiger partial charge in [0.1, 0.15) is 5.82 Å². The summed E-state index contributed by atoms with van der Waals surface area (Å²) >= 11 is 0. The standard InChI is InChI=1S/C13H18FNO2/c14-12-2-1-3-13(11(12)9-17)15-6-4-10(8-15)5-7-16/h1-3,10,16-17H,4-9H2. The van der Waals surface area contributed by atoms with E-state index in [1.54, 1.807) is 6.07 Å². The number of anilines is 1. The average molecular weight is 239 g/mol. The highest BCUT2D eigenvalue weighted by Gasteiger charge is 2.24. The first kappa shape index (κ1) is 12.3. The Balaban J connectivity index is 2.15. The number of halogens is 1. The van der Waals surface area contributed by atoms with Crippen molar-refractivity contribution in [3.63, 3.8) is 0 Å². The van der Waals surface area contributed by atoms with Crippen LogP contribution in [0.1, 0.15) is 18.4 Å². The highest BCUT2D eigenvalue weighted by Crippen LogP contribution is 2.29. The Hall–Kier alpha value is -1.13. The fourth-order valence-corrected chi connectivity index (χ4v) is 2.47. The van der Waals surface area contributed by atoms with Crippen LogP contribution in [0.2, 0.25) is 0 Å². The lowest BCUT2D eigenvalue weighted by atomic mass is 10.1. The van der Waals surface area contributed by atoms with Gasteiger partial charge in [0.2, 0.25) is 0 Å². The van der Waals surface area contributed by atoms with E-state index in [1.807, 2.05) is 6.07 Å². The lowest BCUT2D eigenvalue weighted by Gasteiger charge is -2.21. The molecule has 17 heavy (non-hydrogen) atoms. The van der Waals surface area contributed by atoms with E-state index in [9.17, 15) is 9.50 Å². The minimum Gasteiger partial charge on any atom is -0.396 e. The van der Waals surface area contributed by atoms with Crippen molar-refractivity contribution in [2.45, 2.75) is 19.4 Å². The highest BCUT2D eigenvalue weighted by atomic mass is 19.1. The molecule has 0 aromatic heterocycles. The molecule has 2 rings (SSSR count). The van der Waals surface area contributed by atoms with Crippen molar-refractivity contribution in [1.29, 1.82) is 0 Å². The van der Waals surface area contributed by atoms with Crippen LogP contribution in [-0.4, -0.2) is 29.9 Å². The van der Waals surface area contributed by atoms with E-state index in [1.165, 1.54) is 6.07 Å². The number of benzene rings is 1. The van der Waals surface area contributed by atoms with Gasteiger partial charge >= 0.3 is 0 Å². The van der Waals surface area contributed by atoms with Crippen molar-refractivity contribution in [2.75, 3.05) is 24.6 Å². The normalized spacial score (nSPS) is 19.9. The third-order valence-electron chi connectivity index (χ3n) is 3.42. The smallest absolute Gasteiger partial charge is 0.130 e. The molecule has 1 aromatic carbocycles. The Morgan fingerprint density at radius 1 is 1.35 bits per heavy atom. The maximum Gasteiger partial charge on any atom is 0.130 e. The van der Waals surface area contributed by atoms with Crippen LogP contribution in [0.3, 0.4) is 0 Å². The fourth-order valence-electron chi connectivity index (χ4n) is 2.47. The van der Waals surface area contributed by atoms with Crippen molar-refractivity contribution in [3.05, 3.63) is 29.6 Å². The van der Waals surface area contributed by atoms with Gasteiger partial charge in [-0.05, 0) is 30.9 Å². The molecule has 0 radical (unpaired) electrons. The molecule has 1 aliphatic rings. The van der Waals surface area contributed by atoms with Crippen molar-refractivity contribution in [3.8, 4) is 0 Å². The van der Waals surface area contributed by atoms with Crippen LogP contribution >= 0.6 is 0 Å². The molecule has 1 aromatic rings. The van der Waals surface area contributed by atoms with Gasteiger partial charge < -0.3 is 15.1 Å². The van der Waals surface area contributed by atoms with E-state index in [-0.39, 0.29) is 19.0 Å². The molecule has 0 aliphatic carbocycles. The lowest BCUT2D eigenvalue weighted by molar-refractivity contribution is 0.263. The fraction of sp³-hybridized carbons (Fsp3) is 0.538. The third-order valence-corrected chi connectivity index (χ3v) is 3.42. The highest BCUT2D eigenvalue weighted by molar-refractivity contribution is 5.54. The Kier molecular flexibility index (Phi) is 3.97. The summed E-state index contributed by atoms with van der Waals surface area (Å²) in [4.78, 5) is 2.09. The van der Waals surface area contributed by atoms with Crippen LogP contribution < -0.4 is 4.90 Å². The molecule has 4 heteroatoms. The number of aliphatic hydroxyl groups excluding tert-OH is 2. The molecule has 1 fully saturated rings. The second kappa shape index (κ2) is 5.47. The molecular weight excluding hydrogens is 221 g/mol. The largest absolute Gasteiger partial charge is 0.396 e. The number of hydrogen-bond acceptors (Lipinski definition) is 3. The predicted octanol–water partition coefficient (Wildman–Crippen LogP) is 1.53. The summed E-state index contributed by atoms with van der Waals surface area (Å²) in [6.07, 6.45) is 1.81. The van der Waals surface area contributed by atoms with Gasteiger partial charge in [-0.1, -0.05) is 6.07 Å². The molecule has 2 N–H and O–H groups in total. The number of aliphatic hydroxyl groups is 2. The van der Waals surface area contributed by atoms with Crippen molar-refractivity contribution >= 4 is 5.69 Å². The zero-order valence-corrected chi connectivity index (χ0v) is 9.77. The topological polar surface area (TPSA) is 43.7 Å². The zero-order valence-electron chi connectivity index (χ0n) is 9.77. The maximum absolute atomic E-state index is 13.5. The average Bonchev–Trinajstić information content (AvgIpc) is 2.78. The first-order chi connectivity index (χ1) is 8.26. The number of hydrogen-bond donors (Lipinski definition) is 2.